The SMILES string of the molecule is Cc1oc(-c2ccc(Cl)cc2)nc1CC(=O)N1CCOCC1(C)C. The molecule has 1 fully saturated rings. The molecule has 2 aromatic rings. The van der Waals surface area contributed by atoms with E-state index >= 15 is 0 Å². The van der Waals surface area contributed by atoms with Crippen LogP contribution in [0, 0.1) is 6.92 Å². The van der Waals surface area contributed by atoms with Crippen LogP contribution in [0.1, 0.15) is 25.3 Å². The molecule has 1 aromatic heterocycles. The first-order chi connectivity index (χ1) is 11.4. The molecule has 0 atom stereocenters. The van der Waals surface area contributed by atoms with Crippen LogP contribution in [-0.4, -0.2) is 41.1 Å². The maximum Gasteiger partial charge on any atom is 0.229 e. The predicted molar refractivity (Wildman–Crippen MR) is 92.0 cm³/mol. The Bertz CT molecular complexity index is 737. The molecule has 0 bridgehead atoms. The first-order valence-electron chi connectivity index (χ1n) is 7.97. The summed E-state index contributed by atoms with van der Waals surface area (Å²) in [6.45, 7) is 7.58. The molecule has 6 heteroatoms. The molecule has 0 saturated carbocycles. The van der Waals surface area contributed by atoms with Crippen LogP contribution in [0.5, 0.6) is 0 Å². The summed E-state index contributed by atoms with van der Waals surface area (Å²) in [5.41, 5.74) is 1.21. The number of carbonyl (C=O) groups excluding carboxylic acids is 1. The van der Waals surface area contributed by atoms with Crippen molar-refractivity contribution >= 4 is 17.5 Å². The first kappa shape index (κ1) is 17.0. The summed E-state index contributed by atoms with van der Waals surface area (Å²) < 4.78 is 11.2. The molecular weight excluding hydrogens is 328 g/mol. The van der Waals surface area contributed by atoms with Gasteiger partial charge in [-0.1, -0.05) is 11.6 Å². The van der Waals surface area contributed by atoms with Crippen LogP contribution in [0.4, 0.5) is 0 Å². The van der Waals surface area contributed by atoms with Crippen LogP contribution in [0.2, 0.25) is 5.02 Å². The second-order valence-electron chi connectivity index (χ2n) is 6.62. The van der Waals surface area contributed by atoms with Crippen molar-refractivity contribution in [3.63, 3.8) is 0 Å². The molecule has 0 spiro atoms. The van der Waals surface area contributed by atoms with Crippen LogP contribution in [0.3, 0.4) is 0 Å². The van der Waals surface area contributed by atoms with Gasteiger partial charge in [0.1, 0.15) is 5.76 Å². The fourth-order valence-corrected chi connectivity index (χ4v) is 2.99. The minimum absolute atomic E-state index is 0.0438. The van der Waals surface area contributed by atoms with Gasteiger partial charge in [-0.25, -0.2) is 4.98 Å². The van der Waals surface area contributed by atoms with E-state index in [4.69, 9.17) is 20.8 Å². The summed E-state index contributed by atoms with van der Waals surface area (Å²) in [5, 5.41) is 0.659. The predicted octanol–water partition coefficient (Wildman–Crippen LogP) is 3.48. The number of hydrogen-bond donors (Lipinski definition) is 0. The normalized spacial score (nSPS) is 17.1. The van der Waals surface area contributed by atoms with Gasteiger partial charge >= 0.3 is 0 Å². The molecule has 1 saturated heterocycles. The average Bonchev–Trinajstić information content (AvgIpc) is 2.88. The van der Waals surface area contributed by atoms with Crippen molar-refractivity contribution in [3.8, 4) is 11.5 Å². The molecule has 24 heavy (non-hydrogen) atoms. The van der Waals surface area contributed by atoms with Gasteiger partial charge in [0.2, 0.25) is 11.8 Å². The highest BCUT2D eigenvalue weighted by Gasteiger charge is 2.34. The van der Waals surface area contributed by atoms with Crippen molar-refractivity contribution in [1.29, 1.82) is 0 Å². The van der Waals surface area contributed by atoms with Gasteiger partial charge < -0.3 is 14.1 Å². The third-order valence-corrected chi connectivity index (χ3v) is 4.50. The fourth-order valence-electron chi connectivity index (χ4n) is 2.87. The molecule has 5 nitrogen and oxygen atoms in total. The lowest BCUT2D eigenvalue weighted by molar-refractivity contribution is -0.145. The van der Waals surface area contributed by atoms with E-state index in [-0.39, 0.29) is 17.9 Å². The third-order valence-electron chi connectivity index (χ3n) is 4.25. The van der Waals surface area contributed by atoms with Gasteiger partial charge in [0.25, 0.3) is 0 Å². The Morgan fingerprint density at radius 3 is 2.71 bits per heavy atom. The number of benzene rings is 1. The van der Waals surface area contributed by atoms with Crippen molar-refractivity contribution in [1.82, 2.24) is 9.88 Å². The Kier molecular flexibility index (Phi) is 4.65. The smallest absolute Gasteiger partial charge is 0.229 e. The van der Waals surface area contributed by atoms with Crippen molar-refractivity contribution in [3.05, 3.63) is 40.7 Å². The number of nitrogens with zero attached hydrogens (tertiary/aromatic N) is 2. The number of halogens is 1. The van der Waals surface area contributed by atoms with Crippen LogP contribution in [0.25, 0.3) is 11.5 Å². The van der Waals surface area contributed by atoms with E-state index in [1.54, 1.807) is 12.1 Å². The highest BCUT2D eigenvalue weighted by molar-refractivity contribution is 6.30. The lowest BCUT2D eigenvalue weighted by Gasteiger charge is -2.42. The van der Waals surface area contributed by atoms with Crippen LogP contribution in [-0.2, 0) is 16.0 Å². The number of aryl methyl sites for hydroxylation is 1. The van der Waals surface area contributed by atoms with Crippen molar-refractivity contribution in [2.75, 3.05) is 19.8 Å². The fraction of sp³-hybridized carbons (Fsp3) is 0.444. The molecule has 0 radical (unpaired) electrons. The van der Waals surface area contributed by atoms with Crippen LogP contribution < -0.4 is 0 Å². The van der Waals surface area contributed by atoms with Gasteiger partial charge in [0.15, 0.2) is 0 Å². The Balaban J connectivity index is 1.78. The number of oxazole rings is 1. The largest absolute Gasteiger partial charge is 0.441 e. The van der Waals surface area contributed by atoms with E-state index in [1.165, 1.54) is 0 Å². The second kappa shape index (κ2) is 6.57. The highest BCUT2D eigenvalue weighted by atomic mass is 35.5. The molecule has 1 aliphatic rings. The molecule has 0 N–H and O–H groups in total. The van der Waals surface area contributed by atoms with Gasteiger partial charge in [0, 0.05) is 17.1 Å². The number of morpholine rings is 1. The molecule has 1 amide bonds. The van der Waals surface area contributed by atoms with E-state index in [9.17, 15) is 4.79 Å². The molecule has 1 aliphatic heterocycles. The summed E-state index contributed by atoms with van der Waals surface area (Å²) in [7, 11) is 0. The molecule has 0 aliphatic carbocycles. The van der Waals surface area contributed by atoms with Crippen LogP contribution >= 0.6 is 11.6 Å². The maximum absolute atomic E-state index is 12.7. The van der Waals surface area contributed by atoms with Crippen molar-refractivity contribution in [2.45, 2.75) is 32.7 Å². The summed E-state index contributed by atoms with van der Waals surface area (Å²) >= 11 is 5.91. The van der Waals surface area contributed by atoms with E-state index in [1.807, 2.05) is 37.8 Å². The summed E-state index contributed by atoms with van der Waals surface area (Å²) in [5.74, 6) is 1.22. The Morgan fingerprint density at radius 1 is 1.33 bits per heavy atom. The quantitative estimate of drug-likeness (QED) is 0.852. The number of carbonyl (C=O) groups is 1. The van der Waals surface area contributed by atoms with Crippen molar-refractivity contribution in [2.24, 2.45) is 0 Å². The van der Waals surface area contributed by atoms with E-state index < -0.39 is 0 Å². The summed E-state index contributed by atoms with van der Waals surface area (Å²) in [6.07, 6.45) is 0.229. The van der Waals surface area contributed by atoms with Crippen LogP contribution in [0.15, 0.2) is 28.7 Å². The van der Waals surface area contributed by atoms with Gasteiger partial charge in [-0.2, -0.15) is 0 Å². The molecule has 3 rings (SSSR count). The molecular formula is C18H21ClN2O3. The van der Waals surface area contributed by atoms with E-state index in [0.717, 1.165) is 5.56 Å². The maximum atomic E-state index is 12.7. The van der Waals surface area contributed by atoms with E-state index in [0.29, 0.717) is 42.1 Å². The minimum Gasteiger partial charge on any atom is -0.441 e. The minimum atomic E-state index is -0.300. The summed E-state index contributed by atoms with van der Waals surface area (Å²) in [4.78, 5) is 19.1. The molecule has 1 aromatic carbocycles. The number of ether oxygens (including phenoxy) is 1. The standard InChI is InChI=1S/C18H21ClN2O3/c1-12-15(10-16(22)21-8-9-23-11-18(21,2)3)20-17(24-12)13-4-6-14(19)7-5-13/h4-7H,8-11H2,1-3H3. The monoisotopic (exact) mass is 348 g/mol. The Morgan fingerprint density at radius 2 is 2.04 bits per heavy atom. The Hall–Kier alpha value is -1.85. The molecule has 128 valence electrons. The first-order valence-corrected chi connectivity index (χ1v) is 8.35. The highest BCUT2D eigenvalue weighted by Crippen LogP contribution is 2.25. The zero-order chi connectivity index (χ0) is 17.3. The zero-order valence-electron chi connectivity index (χ0n) is 14.1. The lowest BCUT2D eigenvalue weighted by Crippen LogP contribution is -2.56. The van der Waals surface area contributed by atoms with Crippen molar-refractivity contribution < 1.29 is 13.9 Å². The second-order valence-corrected chi connectivity index (χ2v) is 7.05. The van der Waals surface area contributed by atoms with Gasteiger partial charge in [-0.3, -0.25) is 4.79 Å². The third kappa shape index (κ3) is 3.47. The van der Waals surface area contributed by atoms with Gasteiger partial charge in [-0.05, 0) is 45.0 Å². The van der Waals surface area contributed by atoms with Gasteiger partial charge in [0.05, 0.1) is 30.9 Å². The Labute approximate surface area is 146 Å². The zero-order valence-corrected chi connectivity index (χ0v) is 14.9. The van der Waals surface area contributed by atoms with Gasteiger partial charge in [-0.15, -0.1) is 0 Å². The number of rotatable bonds is 3. The average molecular weight is 349 g/mol. The number of hydrogen-bond acceptors (Lipinski definition) is 4. The number of aromatic nitrogens is 1. The topological polar surface area (TPSA) is 55.6 Å². The number of amides is 1. The molecule has 0 unspecified atom stereocenters. The summed E-state index contributed by atoms with van der Waals surface area (Å²) in [6, 6.07) is 7.28. The lowest BCUT2D eigenvalue weighted by atomic mass is 10.0. The molecule has 2 heterocycles. The van der Waals surface area contributed by atoms with E-state index in [2.05, 4.69) is 4.98 Å².